The highest BCUT2D eigenvalue weighted by atomic mass is 35.5. The van der Waals surface area contributed by atoms with Gasteiger partial charge in [0.15, 0.2) is 0 Å². The Bertz CT molecular complexity index is 510. The van der Waals surface area contributed by atoms with Gasteiger partial charge in [0.2, 0.25) is 0 Å². The van der Waals surface area contributed by atoms with Crippen LogP contribution in [-0.2, 0) is 4.74 Å². The van der Waals surface area contributed by atoms with Crippen LogP contribution < -0.4 is 0 Å². The molecule has 1 amide bonds. The molecule has 0 N–H and O–H groups in total. The Hall–Kier alpha value is -1.17. The van der Waals surface area contributed by atoms with Crippen molar-refractivity contribution >= 4 is 17.5 Å². The molecule has 0 saturated carbocycles. The molecule has 1 saturated heterocycles. The lowest BCUT2D eigenvalue weighted by atomic mass is 10.1. The summed E-state index contributed by atoms with van der Waals surface area (Å²) in [7, 11) is 4.01. The Morgan fingerprint density at radius 3 is 2.95 bits per heavy atom. The standard InChI is InChI=1S/C15H20ClFN2O2/c1-18(2)6-5-12-10-19(7-8-21-12)15(20)11-3-4-14(17)13(16)9-11/h3-4,9,12H,5-8,10H2,1-2H3/t12-/m1/s1. The zero-order valence-corrected chi connectivity index (χ0v) is 13.1. The third-order valence-electron chi connectivity index (χ3n) is 3.49. The fourth-order valence-corrected chi connectivity index (χ4v) is 2.47. The molecule has 2 rings (SSSR count). The number of nitrogens with zero attached hydrogens (tertiary/aromatic N) is 2. The van der Waals surface area contributed by atoms with Gasteiger partial charge in [-0.15, -0.1) is 0 Å². The van der Waals surface area contributed by atoms with Crippen molar-refractivity contribution in [3.05, 3.63) is 34.6 Å². The lowest BCUT2D eigenvalue weighted by molar-refractivity contribution is -0.0269. The van der Waals surface area contributed by atoms with Gasteiger partial charge in [0.1, 0.15) is 5.82 Å². The molecule has 4 nitrogen and oxygen atoms in total. The van der Waals surface area contributed by atoms with Crippen LogP contribution in [0.5, 0.6) is 0 Å². The van der Waals surface area contributed by atoms with Crippen LogP contribution in [0.4, 0.5) is 4.39 Å². The summed E-state index contributed by atoms with van der Waals surface area (Å²) >= 11 is 5.73. The monoisotopic (exact) mass is 314 g/mol. The second-order valence-electron chi connectivity index (χ2n) is 5.46. The molecule has 0 bridgehead atoms. The highest BCUT2D eigenvalue weighted by Gasteiger charge is 2.25. The van der Waals surface area contributed by atoms with Crippen molar-refractivity contribution in [3.8, 4) is 0 Å². The van der Waals surface area contributed by atoms with Crippen LogP contribution in [0.2, 0.25) is 5.02 Å². The van der Waals surface area contributed by atoms with E-state index in [1.54, 1.807) is 4.90 Å². The van der Waals surface area contributed by atoms with E-state index in [2.05, 4.69) is 4.90 Å². The van der Waals surface area contributed by atoms with Crippen LogP contribution in [-0.4, -0.2) is 62.1 Å². The first kappa shape index (κ1) is 16.2. The highest BCUT2D eigenvalue weighted by Crippen LogP contribution is 2.19. The summed E-state index contributed by atoms with van der Waals surface area (Å²) in [5, 5.41) is -0.0294. The fourth-order valence-electron chi connectivity index (χ4n) is 2.29. The number of morpholine rings is 1. The Morgan fingerprint density at radius 2 is 2.29 bits per heavy atom. The minimum absolute atomic E-state index is 0.0294. The lowest BCUT2D eigenvalue weighted by Gasteiger charge is -2.33. The van der Waals surface area contributed by atoms with Crippen molar-refractivity contribution in [3.63, 3.8) is 0 Å². The first-order valence-electron chi connectivity index (χ1n) is 6.98. The van der Waals surface area contributed by atoms with E-state index >= 15 is 0 Å². The van der Waals surface area contributed by atoms with Crippen LogP contribution in [0.15, 0.2) is 18.2 Å². The first-order valence-corrected chi connectivity index (χ1v) is 7.36. The summed E-state index contributed by atoms with van der Waals surface area (Å²) in [6.07, 6.45) is 0.919. The van der Waals surface area contributed by atoms with E-state index in [1.165, 1.54) is 18.2 Å². The zero-order chi connectivity index (χ0) is 15.4. The number of hydrogen-bond donors (Lipinski definition) is 0. The Balaban J connectivity index is 1.99. The Kier molecular flexibility index (Phi) is 5.56. The minimum Gasteiger partial charge on any atom is -0.374 e. The third kappa shape index (κ3) is 4.40. The summed E-state index contributed by atoms with van der Waals surface area (Å²) < 4.78 is 18.8. The van der Waals surface area contributed by atoms with Crippen molar-refractivity contribution in [1.82, 2.24) is 9.80 Å². The third-order valence-corrected chi connectivity index (χ3v) is 3.78. The number of carbonyl (C=O) groups excluding carboxylic acids is 1. The number of halogens is 2. The molecule has 0 spiro atoms. The smallest absolute Gasteiger partial charge is 0.254 e. The lowest BCUT2D eigenvalue weighted by Crippen LogP contribution is -2.46. The van der Waals surface area contributed by atoms with E-state index in [4.69, 9.17) is 16.3 Å². The average molecular weight is 315 g/mol. The van der Waals surface area contributed by atoms with Gasteiger partial charge in [0, 0.05) is 25.2 Å². The van der Waals surface area contributed by atoms with Gasteiger partial charge in [0.25, 0.3) is 5.91 Å². The molecule has 0 aromatic heterocycles. The van der Waals surface area contributed by atoms with Crippen molar-refractivity contribution in [1.29, 1.82) is 0 Å². The quantitative estimate of drug-likeness (QED) is 0.855. The highest BCUT2D eigenvalue weighted by molar-refractivity contribution is 6.31. The molecule has 1 fully saturated rings. The topological polar surface area (TPSA) is 32.8 Å². The summed E-state index contributed by atoms with van der Waals surface area (Å²) in [6.45, 7) is 2.54. The van der Waals surface area contributed by atoms with Gasteiger partial charge in [-0.25, -0.2) is 4.39 Å². The zero-order valence-electron chi connectivity index (χ0n) is 12.3. The van der Waals surface area contributed by atoms with Gasteiger partial charge in [-0.05, 0) is 38.7 Å². The maximum absolute atomic E-state index is 13.2. The molecule has 0 unspecified atom stereocenters. The molecular weight excluding hydrogens is 295 g/mol. The molecule has 1 atom stereocenters. The van der Waals surface area contributed by atoms with E-state index in [9.17, 15) is 9.18 Å². The first-order chi connectivity index (χ1) is 9.97. The summed E-state index contributed by atoms with van der Waals surface area (Å²) in [4.78, 5) is 16.3. The van der Waals surface area contributed by atoms with Crippen LogP contribution >= 0.6 is 11.6 Å². The van der Waals surface area contributed by atoms with Gasteiger partial charge in [-0.3, -0.25) is 4.79 Å². The molecule has 21 heavy (non-hydrogen) atoms. The predicted molar refractivity (Wildman–Crippen MR) is 80.2 cm³/mol. The Labute approximate surface area is 129 Å². The van der Waals surface area contributed by atoms with Crippen molar-refractivity contribution in [2.75, 3.05) is 40.3 Å². The number of carbonyl (C=O) groups is 1. The molecule has 6 heteroatoms. The van der Waals surface area contributed by atoms with Crippen LogP contribution in [0, 0.1) is 5.82 Å². The maximum Gasteiger partial charge on any atom is 0.254 e. The molecule has 1 heterocycles. The van der Waals surface area contributed by atoms with Crippen molar-refractivity contribution in [2.45, 2.75) is 12.5 Å². The van der Waals surface area contributed by atoms with Crippen LogP contribution in [0.25, 0.3) is 0 Å². The van der Waals surface area contributed by atoms with Crippen LogP contribution in [0.1, 0.15) is 16.8 Å². The number of hydrogen-bond acceptors (Lipinski definition) is 3. The molecule has 1 aromatic carbocycles. The van der Waals surface area contributed by atoms with E-state index in [1.807, 2.05) is 14.1 Å². The van der Waals surface area contributed by atoms with E-state index < -0.39 is 5.82 Å². The van der Waals surface area contributed by atoms with Crippen molar-refractivity contribution in [2.24, 2.45) is 0 Å². The molecule has 1 aliphatic rings. The number of benzene rings is 1. The summed E-state index contributed by atoms with van der Waals surface area (Å²) in [5.74, 6) is -0.644. The number of rotatable bonds is 4. The molecule has 1 aromatic rings. The minimum atomic E-state index is -0.515. The average Bonchev–Trinajstić information content (AvgIpc) is 2.47. The van der Waals surface area contributed by atoms with Gasteiger partial charge in [-0.2, -0.15) is 0 Å². The van der Waals surface area contributed by atoms with Crippen LogP contribution in [0.3, 0.4) is 0 Å². The van der Waals surface area contributed by atoms with Gasteiger partial charge in [0.05, 0.1) is 17.7 Å². The maximum atomic E-state index is 13.2. The second kappa shape index (κ2) is 7.20. The van der Waals surface area contributed by atoms with E-state index in [0.717, 1.165) is 13.0 Å². The number of ether oxygens (including phenoxy) is 1. The van der Waals surface area contributed by atoms with Crippen molar-refractivity contribution < 1.29 is 13.9 Å². The molecule has 116 valence electrons. The summed E-state index contributed by atoms with van der Waals surface area (Å²) in [6, 6.07) is 4.07. The SMILES string of the molecule is CN(C)CC[C@@H]1CN(C(=O)c2ccc(F)c(Cl)c2)CCO1. The van der Waals surface area contributed by atoms with E-state index in [0.29, 0.717) is 25.3 Å². The molecule has 0 radical (unpaired) electrons. The van der Waals surface area contributed by atoms with E-state index in [-0.39, 0.29) is 17.0 Å². The molecular formula is C15H20ClFN2O2. The Morgan fingerprint density at radius 1 is 1.52 bits per heavy atom. The molecule has 0 aliphatic carbocycles. The van der Waals surface area contributed by atoms with Gasteiger partial charge >= 0.3 is 0 Å². The second-order valence-corrected chi connectivity index (χ2v) is 5.87. The van der Waals surface area contributed by atoms with Gasteiger partial charge < -0.3 is 14.5 Å². The molecule has 1 aliphatic heterocycles. The normalized spacial score (nSPS) is 19.1. The van der Waals surface area contributed by atoms with Gasteiger partial charge in [-0.1, -0.05) is 11.6 Å². The summed E-state index contributed by atoms with van der Waals surface area (Å²) in [5.41, 5.74) is 0.412. The number of amides is 1. The fraction of sp³-hybridized carbons (Fsp3) is 0.533. The predicted octanol–water partition coefficient (Wildman–Crippen LogP) is 2.27. The largest absolute Gasteiger partial charge is 0.374 e.